The van der Waals surface area contributed by atoms with Gasteiger partial charge in [-0.1, -0.05) is 0 Å². The van der Waals surface area contributed by atoms with E-state index < -0.39 is 47.5 Å². The Labute approximate surface area is 142 Å². The molecule has 0 spiro atoms. The maximum absolute atomic E-state index is 12.2. The summed E-state index contributed by atoms with van der Waals surface area (Å²) in [6.07, 6.45) is -1.50. The zero-order chi connectivity index (χ0) is 18.4. The lowest BCUT2D eigenvalue weighted by Gasteiger charge is -2.24. The topological polar surface area (TPSA) is 129 Å². The summed E-state index contributed by atoms with van der Waals surface area (Å²) in [6.45, 7) is 4.07. The molecule has 1 unspecified atom stereocenters. The summed E-state index contributed by atoms with van der Waals surface area (Å²) in [5.74, 6) is -1.44. The molecule has 0 aliphatic carbocycles. The van der Waals surface area contributed by atoms with Crippen molar-refractivity contribution < 1.29 is 28.8 Å². The number of aromatic amines is 1. The summed E-state index contributed by atoms with van der Waals surface area (Å²) in [5, 5.41) is 9.50. The molecule has 10 nitrogen and oxygen atoms in total. The fourth-order valence-electron chi connectivity index (χ4n) is 3.03. The summed E-state index contributed by atoms with van der Waals surface area (Å²) < 4.78 is 23.2. The first-order valence-corrected chi connectivity index (χ1v) is 7.81. The average Bonchev–Trinajstić information content (AvgIpc) is 2.99. The van der Waals surface area contributed by atoms with Crippen LogP contribution in [-0.2, 0) is 30.3 Å². The van der Waals surface area contributed by atoms with Crippen molar-refractivity contribution in [2.45, 2.75) is 57.7 Å². The molecule has 138 valence electrons. The van der Waals surface area contributed by atoms with Crippen molar-refractivity contribution in [1.29, 1.82) is 0 Å². The molecule has 0 radical (unpaired) electrons. The Morgan fingerprint density at radius 1 is 1.36 bits per heavy atom. The van der Waals surface area contributed by atoms with Gasteiger partial charge in [0, 0.05) is 13.1 Å². The monoisotopic (exact) mass is 356 g/mol. The summed E-state index contributed by atoms with van der Waals surface area (Å²) >= 11 is 0. The second-order valence-electron chi connectivity index (χ2n) is 6.41. The van der Waals surface area contributed by atoms with E-state index in [4.69, 9.17) is 18.9 Å². The predicted octanol–water partition coefficient (Wildman–Crippen LogP) is -0.990. The standard InChI is InChI=1S/C15H20N2O8/c1-7(19)22-6-8-4-17(14(21)16-12(8)20)13-11-10(9(5-18)23-13)24-15(2,3)25-11/h4,9-11,13,18H,5-6H2,1-3H3,(H,16,20,21)/t9-,10?,11+,13-/m1/s1. The van der Waals surface area contributed by atoms with Crippen LogP contribution < -0.4 is 11.2 Å². The Bertz CT molecular complexity index is 782. The van der Waals surface area contributed by atoms with Gasteiger partial charge in [-0.05, 0) is 13.8 Å². The lowest BCUT2D eigenvalue weighted by Crippen LogP contribution is -2.38. The van der Waals surface area contributed by atoms with Gasteiger partial charge in [-0.15, -0.1) is 0 Å². The minimum absolute atomic E-state index is 0.0839. The van der Waals surface area contributed by atoms with Gasteiger partial charge in [0.15, 0.2) is 12.0 Å². The Morgan fingerprint density at radius 2 is 2.04 bits per heavy atom. The van der Waals surface area contributed by atoms with Crippen molar-refractivity contribution >= 4 is 5.97 Å². The smallest absolute Gasteiger partial charge is 0.330 e. The van der Waals surface area contributed by atoms with Gasteiger partial charge in [0.2, 0.25) is 0 Å². The normalized spacial score (nSPS) is 30.2. The molecule has 2 N–H and O–H groups in total. The van der Waals surface area contributed by atoms with E-state index in [1.54, 1.807) is 13.8 Å². The van der Waals surface area contributed by atoms with Crippen molar-refractivity contribution in [3.63, 3.8) is 0 Å². The third kappa shape index (κ3) is 3.38. The molecule has 0 bridgehead atoms. The molecule has 2 aliphatic heterocycles. The number of aliphatic hydroxyl groups excluding tert-OH is 1. The number of nitrogens with zero attached hydrogens (tertiary/aromatic N) is 1. The Kier molecular flexibility index (Phi) is 4.54. The van der Waals surface area contributed by atoms with E-state index >= 15 is 0 Å². The van der Waals surface area contributed by atoms with Crippen LogP contribution in [0.25, 0.3) is 0 Å². The molecule has 2 saturated heterocycles. The van der Waals surface area contributed by atoms with Crippen LogP contribution in [0.3, 0.4) is 0 Å². The van der Waals surface area contributed by atoms with Crippen LogP contribution in [0.5, 0.6) is 0 Å². The number of carbonyl (C=O) groups is 1. The Morgan fingerprint density at radius 3 is 2.68 bits per heavy atom. The highest BCUT2D eigenvalue weighted by atomic mass is 16.8. The van der Waals surface area contributed by atoms with E-state index in [1.165, 1.54) is 13.1 Å². The van der Waals surface area contributed by atoms with Crippen LogP contribution >= 0.6 is 0 Å². The Balaban J connectivity index is 1.95. The van der Waals surface area contributed by atoms with Gasteiger partial charge >= 0.3 is 11.7 Å². The van der Waals surface area contributed by atoms with Gasteiger partial charge in [-0.3, -0.25) is 19.1 Å². The van der Waals surface area contributed by atoms with E-state index in [1.807, 2.05) is 0 Å². The summed E-state index contributed by atoms with van der Waals surface area (Å²) in [5.41, 5.74) is -1.27. The molecule has 0 amide bonds. The highest BCUT2D eigenvalue weighted by Gasteiger charge is 2.55. The SMILES string of the molecule is CC(=O)OCc1cn([C@@H]2O[C@H](CO)C3OC(C)(C)O[C@@H]32)c(=O)[nH]c1=O. The van der Waals surface area contributed by atoms with Gasteiger partial charge in [-0.25, -0.2) is 4.79 Å². The zero-order valence-corrected chi connectivity index (χ0v) is 14.1. The number of carbonyl (C=O) groups excluding carboxylic acids is 1. The highest BCUT2D eigenvalue weighted by Crippen LogP contribution is 2.42. The first kappa shape index (κ1) is 17.8. The molecule has 3 rings (SSSR count). The molecule has 25 heavy (non-hydrogen) atoms. The molecular formula is C15H20N2O8. The van der Waals surface area contributed by atoms with E-state index in [-0.39, 0.29) is 18.8 Å². The van der Waals surface area contributed by atoms with Gasteiger partial charge in [0.25, 0.3) is 5.56 Å². The number of H-pyrrole nitrogens is 1. The molecule has 0 aromatic carbocycles. The van der Waals surface area contributed by atoms with Gasteiger partial charge < -0.3 is 24.1 Å². The van der Waals surface area contributed by atoms with Crippen molar-refractivity contribution in [2.24, 2.45) is 0 Å². The van der Waals surface area contributed by atoms with Crippen molar-refractivity contribution in [3.8, 4) is 0 Å². The van der Waals surface area contributed by atoms with Gasteiger partial charge in [0.1, 0.15) is 24.9 Å². The molecule has 2 aliphatic rings. The Hall–Kier alpha value is -2.01. The number of ether oxygens (including phenoxy) is 4. The minimum Gasteiger partial charge on any atom is -0.461 e. The summed E-state index contributed by atoms with van der Waals surface area (Å²) in [6, 6.07) is 0. The first-order chi connectivity index (χ1) is 11.7. The molecule has 10 heteroatoms. The minimum atomic E-state index is -0.899. The molecular weight excluding hydrogens is 336 g/mol. The fourth-order valence-corrected chi connectivity index (χ4v) is 3.03. The van der Waals surface area contributed by atoms with Crippen LogP contribution in [0.2, 0.25) is 0 Å². The lowest BCUT2D eigenvalue weighted by molar-refractivity contribution is -0.200. The molecule has 1 aromatic heterocycles. The fraction of sp³-hybridized carbons (Fsp3) is 0.667. The van der Waals surface area contributed by atoms with E-state index in [0.29, 0.717) is 0 Å². The van der Waals surface area contributed by atoms with Crippen molar-refractivity contribution in [1.82, 2.24) is 9.55 Å². The second-order valence-corrected chi connectivity index (χ2v) is 6.41. The number of fused-ring (bicyclic) bond motifs is 1. The third-order valence-corrected chi connectivity index (χ3v) is 4.05. The van der Waals surface area contributed by atoms with E-state index in [2.05, 4.69) is 4.98 Å². The van der Waals surface area contributed by atoms with Crippen LogP contribution in [0.4, 0.5) is 0 Å². The number of hydrogen-bond donors (Lipinski definition) is 2. The first-order valence-electron chi connectivity index (χ1n) is 7.81. The van der Waals surface area contributed by atoms with Crippen LogP contribution in [0.1, 0.15) is 32.6 Å². The van der Waals surface area contributed by atoms with E-state index in [0.717, 1.165) is 4.57 Å². The molecule has 0 saturated carbocycles. The number of rotatable bonds is 4. The van der Waals surface area contributed by atoms with Crippen LogP contribution in [-0.4, -0.2) is 51.3 Å². The van der Waals surface area contributed by atoms with Crippen molar-refractivity contribution in [3.05, 3.63) is 32.6 Å². The van der Waals surface area contributed by atoms with Crippen LogP contribution in [0.15, 0.2) is 15.8 Å². The summed E-state index contributed by atoms with van der Waals surface area (Å²) in [7, 11) is 0. The quantitative estimate of drug-likeness (QED) is 0.658. The second kappa shape index (κ2) is 6.37. The van der Waals surface area contributed by atoms with E-state index in [9.17, 15) is 19.5 Å². The predicted molar refractivity (Wildman–Crippen MR) is 81.6 cm³/mol. The summed E-state index contributed by atoms with van der Waals surface area (Å²) in [4.78, 5) is 37.2. The van der Waals surface area contributed by atoms with Crippen LogP contribution in [0, 0.1) is 0 Å². The van der Waals surface area contributed by atoms with Crippen molar-refractivity contribution in [2.75, 3.05) is 6.61 Å². The number of hydrogen-bond acceptors (Lipinski definition) is 8. The zero-order valence-electron chi connectivity index (χ0n) is 14.1. The lowest BCUT2D eigenvalue weighted by atomic mass is 10.1. The maximum atomic E-state index is 12.2. The average molecular weight is 356 g/mol. The number of nitrogens with one attached hydrogen (secondary N) is 1. The molecule has 1 aromatic rings. The number of aliphatic hydroxyl groups is 1. The van der Waals surface area contributed by atoms with Gasteiger partial charge in [-0.2, -0.15) is 0 Å². The molecule has 2 fully saturated rings. The number of aromatic nitrogens is 2. The maximum Gasteiger partial charge on any atom is 0.330 e. The largest absolute Gasteiger partial charge is 0.461 e. The third-order valence-electron chi connectivity index (χ3n) is 4.05. The van der Waals surface area contributed by atoms with Gasteiger partial charge in [0.05, 0.1) is 12.2 Å². The molecule has 4 atom stereocenters. The number of esters is 1. The molecule has 3 heterocycles. The highest BCUT2D eigenvalue weighted by molar-refractivity contribution is 5.65.